The molecule has 1 heterocycles. The molecular weight excluding hydrogens is 340 g/mol. The number of benzene rings is 2. The number of likely N-dealkylation sites (tertiary alicyclic amines) is 1. The van der Waals surface area contributed by atoms with Crippen LogP contribution >= 0.6 is 15.9 Å². The smallest absolute Gasteiger partial charge is 0.0868 e. The van der Waals surface area contributed by atoms with Crippen molar-refractivity contribution >= 4 is 21.6 Å². The van der Waals surface area contributed by atoms with Crippen molar-refractivity contribution in [2.75, 3.05) is 18.4 Å². The van der Waals surface area contributed by atoms with Crippen molar-refractivity contribution in [3.05, 3.63) is 64.6 Å². The first kappa shape index (κ1) is 15.5. The first-order valence-corrected chi connectivity index (χ1v) is 8.46. The van der Waals surface area contributed by atoms with Crippen molar-refractivity contribution < 1.29 is 5.11 Å². The number of nitrogens with zero attached hydrogens (tertiary/aromatic N) is 1. The van der Waals surface area contributed by atoms with Gasteiger partial charge < -0.3 is 10.4 Å². The van der Waals surface area contributed by atoms with Gasteiger partial charge in [0.25, 0.3) is 0 Å². The molecule has 2 atom stereocenters. The number of anilines is 1. The number of hydrogen-bond acceptors (Lipinski definition) is 3. The van der Waals surface area contributed by atoms with Crippen molar-refractivity contribution in [3.8, 4) is 0 Å². The molecule has 1 aliphatic heterocycles. The number of aliphatic hydroxyl groups is 1. The van der Waals surface area contributed by atoms with E-state index in [1.165, 1.54) is 5.56 Å². The average molecular weight is 361 g/mol. The van der Waals surface area contributed by atoms with E-state index < -0.39 is 0 Å². The van der Waals surface area contributed by atoms with Crippen molar-refractivity contribution in [2.24, 2.45) is 0 Å². The van der Waals surface area contributed by atoms with Crippen molar-refractivity contribution in [1.82, 2.24) is 4.90 Å². The fourth-order valence-electron chi connectivity index (χ4n) is 2.94. The maximum Gasteiger partial charge on any atom is 0.0868 e. The Kier molecular flexibility index (Phi) is 5.13. The summed E-state index contributed by atoms with van der Waals surface area (Å²) in [4.78, 5) is 2.32. The lowest BCUT2D eigenvalue weighted by atomic mass is 10.0. The maximum absolute atomic E-state index is 10.4. The number of piperidine rings is 1. The van der Waals surface area contributed by atoms with Gasteiger partial charge in [-0.1, -0.05) is 52.3 Å². The van der Waals surface area contributed by atoms with Gasteiger partial charge in [-0.15, -0.1) is 0 Å². The Balaban J connectivity index is 1.56. The molecule has 2 aromatic carbocycles. The summed E-state index contributed by atoms with van der Waals surface area (Å²) in [6.45, 7) is 2.61. The monoisotopic (exact) mass is 360 g/mol. The molecule has 0 unspecified atom stereocenters. The third-order valence-electron chi connectivity index (χ3n) is 4.09. The van der Waals surface area contributed by atoms with Gasteiger partial charge in [0, 0.05) is 29.8 Å². The highest BCUT2D eigenvalue weighted by molar-refractivity contribution is 9.10. The normalized spacial score (nSPS) is 22.5. The topological polar surface area (TPSA) is 35.5 Å². The maximum atomic E-state index is 10.4. The lowest BCUT2D eigenvalue weighted by Gasteiger charge is -2.36. The summed E-state index contributed by atoms with van der Waals surface area (Å²) in [5, 5.41) is 13.9. The molecule has 22 heavy (non-hydrogen) atoms. The summed E-state index contributed by atoms with van der Waals surface area (Å²) in [6, 6.07) is 18.6. The summed E-state index contributed by atoms with van der Waals surface area (Å²) in [6.07, 6.45) is 0.594. The quantitative estimate of drug-likeness (QED) is 0.875. The van der Waals surface area contributed by atoms with Gasteiger partial charge in [0.2, 0.25) is 0 Å². The van der Waals surface area contributed by atoms with Gasteiger partial charge in [-0.3, -0.25) is 4.90 Å². The second-order valence-corrected chi connectivity index (χ2v) is 6.75. The number of β-amino-alcohol motifs (C(OH)–C–C–N with tert-alkyl or cyclic N) is 1. The van der Waals surface area contributed by atoms with Crippen LogP contribution in [0.25, 0.3) is 0 Å². The first-order valence-electron chi connectivity index (χ1n) is 7.67. The molecule has 0 saturated carbocycles. The Bertz CT molecular complexity index is 605. The minimum atomic E-state index is -0.351. The van der Waals surface area contributed by atoms with Crippen LogP contribution in [0.2, 0.25) is 0 Å². The molecule has 0 aliphatic carbocycles. The molecule has 0 aromatic heterocycles. The molecule has 1 fully saturated rings. The van der Waals surface area contributed by atoms with Gasteiger partial charge in [0.15, 0.2) is 0 Å². The highest BCUT2D eigenvalue weighted by atomic mass is 79.9. The van der Waals surface area contributed by atoms with Crippen LogP contribution in [0.15, 0.2) is 59.1 Å². The average Bonchev–Trinajstić information content (AvgIpc) is 2.51. The predicted octanol–water partition coefficient (Wildman–Crippen LogP) is 3.50. The summed E-state index contributed by atoms with van der Waals surface area (Å²) in [7, 11) is 0. The fraction of sp³-hybridized carbons (Fsp3) is 0.333. The molecule has 0 spiro atoms. The number of hydrogen-bond donors (Lipinski definition) is 2. The fourth-order valence-corrected chi connectivity index (χ4v) is 3.34. The van der Waals surface area contributed by atoms with Crippen molar-refractivity contribution in [3.63, 3.8) is 0 Å². The molecular formula is C18H21BrN2O. The van der Waals surface area contributed by atoms with E-state index in [-0.39, 0.29) is 12.1 Å². The van der Waals surface area contributed by atoms with E-state index in [9.17, 15) is 5.11 Å². The third-order valence-corrected chi connectivity index (χ3v) is 4.58. The minimum Gasteiger partial charge on any atom is -0.390 e. The van der Waals surface area contributed by atoms with E-state index >= 15 is 0 Å². The summed E-state index contributed by atoms with van der Waals surface area (Å²) >= 11 is 3.48. The lowest BCUT2D eigenvalue weighted by Crippen LogP contribution is -2.49. The van der Waals surface area contributed by atoms with Crippen LogP contribution in [0.3, 0.4) is 0 Å². The second-order valence-electron chi connectivity index (χ2n) is 5.84. The Labute approximate surface area is 140 Å². The van der Waals surface area contributed by atoms with Crippen LogP contribution in [0.1, 0.15) is 12.0 Å². The molecule has 4 heteroatoms. The zero-order valence-corrected chi connectivity index (χ0v) is 14.0. The predicted molar refractivity (Wildman–Crippen MR) is 93.9 cm³/mol. The van der Waals surface area contributed by atoms with Crippen molar-refractivity contribution in [2.45, 2.75) is 25.1 Å². The van der Waals surface area contributed by atoms with E-state index in [4.69, 9.17) is 0 Å². The van der Waals surface area contributed by atoms with E-state index in [1.807, 2.05) is 30.3 Å². The van der Waals surface area contributed by atoms with Crippen LogP contribution in [0.5, 0.6) is 0 Å². The Morgan fingerprint density at radius 3 is 2.68 bits per heavy atom. The molecule has 1 aliphatic rings. The summed E-state index contributed by atoms with van der Waals surface area (Å²) in [5.41, 5.74) is 2.35. The largest absolute Gasteiger partial charge is 0.390 e. The number of aliphatic hydroxyl groups excluding tert-OH is 1. The zero-order valence-electron chi connectivity index (χ0n) is 12.5. The molecule has 3 nitrogen and oxygen atoms in total. The highest BCUT2D eigenvalue weighted by Crippen LogP contribution is 2.21. The summed E-state index contributed by atoms with van der Waals surface area (Å²) in [5.74, 6) is 0. The molecule has 1 saturated heterocycles. The zero-order chi connectivity index (χ0) is 15.4. The van der Waals surface area contributed by atoms with Crippen LogP contribution < -0.4 is 5.32 Å². The number of rotatable bonds is 4. The van der Waals surface area contributed by atoms with E-state index in [0.29, 0.717) is 6.54 Å². The minimum absolute atomic E-state index is 0.112. The molecule has 0 bridgehead atoms. The van der Waals surface area contributed by atoms with Gasteiger partial charge in [-0.05, 0) is 30.2 Å². The molecule has 3 rings (SSSR count). The van der Waals surface area contributed by atoms with Crippen LogP contribution in [0.4, 0.5) is 5.69 Å². The second kappa shape index (κ2) is 7.27. The Hall–Kier alpha value is -1.36. The first-order chi connectivity index (χ1) is 10.7. The molecule has 2 N–H and O–H groups in total. The molecule has 2 aromatic rings. The van der Waals surface area contributed by atoms with E-state index in [1.54, 1.807) is 0 Å². The molecule has 0 amide bonds. The number of nitrogens with one attached hydrogen (secondary N) is 1. The SMILES string of the molecule is O[C@@H]1CN(Cc2ccccc2)CC[C@H]1Nc1cccc(Br)c1. The Morgan fingerprint density at radius 1 is 1.14 bits per heavy atom. The lowest BCUT2D eigenvalue weighted by molar-refractivity contribution is 0.0562. The van der Waals surface area contributed by atoms with Crippen LogP contribution in [-0.2, 0) is 6.54 Å². The van der Waals surface area contributed by atoms with Crippen LogP contribution in [-0.4, -0.2) is 35.2 Å². The standard InChI is InChI=1S/C18H21BrN2O/c19-15-7-4-8-16(11-15)20-17-9-10-21(13-18(17)22)12-14-5-2-1-3-6-14/h1-8,11,17-18,20,22H,9-10,12-13H2/t17-,18-/m1/s1. The summed E-state index contributed by atoms with van der Waals surface area (Å²) < 4.78 is 1.05. The molecule has 116 valence electrons. The van der Waals surface area contributed by atoms with Gasteiger partial charge in [0.1, 0.15) is 0 Å². The van der Waals surface area contributed by atoms with Crippen molar-refractivity contribution in [1.29, 1.82) is 0 Å². The number of halogens is 1. The Morgan fingerprint density at radius 2 is 1.95 bits per heavy atom. The van der Waals surface area contributed by atoms with Gasteiger partial charge in [-0.25, -0.2) is 0 Å². The van der Waals surface area contributed by atoms with E-state index in [0.717, 1.165) is 29.7 Å². The third kappa shape index (κ3) is 4.09. The molecule has 0 radical (unpaired) electrons. The van der Waals surface area contributed by atoms with Crippen LogP contribution in [0, 0.1) is 0 Å². The van der Waals surface area contributed by atoms with Gasteiger partial charge >= 0.3 is 0 Å². The highest BCUT2D eigenvalue weighted by Gasteiger charge is 2.27. The van der Waals surface area contributed by atoms with Gasteiger partial charge in [-0.2, -0.15) is 0 Å². The van der Waals surface area contributed by atoms with Gasteiger partial charge in [0.05, 0.1) is 12.1 Å². The van der Waals surface area contributed by atoms with E-state index in [2.05, 4.69) is 50.4 Å².